The molecule has 0 nitrogen and oxygen atoms in total. The highest BCUT2D eigenvalue weighted by molar-refractivity contribution is 7.83. The first kappa shape index (κ1) is 4.72. The van der Waals surface area contributed by atoms with Gasteiger partial charge in [0.25, 0.3) is 0 Å². The van der Waals surface area contributed by atoms with Crippen molar-refractivity contribution in [3.05, 3.63) is 35.3 Å². The third-order valence-electron chi connectivity index (χ3n) is 0.838. The number of hydrogen-bond acceptors (Lipinski definition) is 1. The number of allylic oxidation sites excluding steroid dienone is 5. The summed E-state index contributed by atoms with van der Waals surface area (Å²) < 4.78 is 0. The van der Waals surface area contributed by atoms with Gasteiger partial charge in [-0.3, -0.25) is 0 Å². The third-order valence-corrected chi connectivity index (χ3v) is 1.14. The Morgan fingerprint density at radius 3 is 2.14 bits per heavy atom. The monoisotopic (exact) mass is 110 g/mol. The molecule has 0 N–H and O–H groups in total. The van der Waals surface area contributed by atoms with Gasteiger partial charge < -0.3 is 0 Å². The molecule has 0 bridgehead atoms. The van der Waals surface area contributed by atoms with Crippen LogP contribution in [0.5, 0.6) is 0 Å². The van der Waals surface area contributed by atoms with Gasteiger partial charge in [-0.25, -0.2) is 0 Å². The second-order valence-electron chi connectivity index (χ2n) is 1.35. The second kappa shape index (κ2) is 2.03. The molecule has 1 rings (SSSR count). The van der Waals surface area contributed by atoms with E-state index in [-0.39, 0.29) is 0 Å². The predicted octanol–water partition coefficient (Wildman–Crippen LogP) is 1.93. The van der Waals surface area contributed by atoms with Crippen LogP contribution < -0.4 is 0 Å². The Hall–Kier alpha value is -0.430. The van der Waals surface area contributed by atoms with Crippen LogP contribution in [0.3, 0.4) is 0 Å². The molecule has 1 aliphatic carbocycles. The normalized spacial score (nSPS) is 15.9. The van der Waals surface area contributed by atoms with Crippen molar-refractivity contribution in [1.82, 2.24) is 0 Å². The van der Waals surface area contributed by atoms with Crippen LogP contribution >= 0.6 is 12.6 Å². The first-order valence-electron chi connectivity index (χ1n) is 2.12. The summed E-state index contributed by atoms with van der Waals surface area (Å²) in [7, 11) is 0. The van der Waals surface area contributed by atoms with Crippen molar-refractivity contribution in [3.63, 3.8) is 0 Å². The summed E-state index contributed by atoms with van der Waals surface area (Å²) in [6.45, 7) is 0. The Morgan fingerprint density at radius 1 is 1.29 bits per heavy atom. The minimum atomic E-state index is 1.17. The van der Waals surface area contributed by atoms with E-state index in [1.165, 1.54) is 5.57 Å². The molecule has 0 aromatic rings. The molecule has 0 saturated heterocycles. The Bertz CT molecular complexity index is 126. The van der Waals surface area contributed by atoms with Crippen LogP contribution in [0.2, 0.25) is 0 Å². The van der Waals surface area contributed by atoms with Crippen LogP contribution in [0.4, 0.5) is 0 Å². The molecule has 0 heterocycles. The molecule has 0 unspecified atom stereocenters. The summed E-state index contributed by atoms with van der Waals surface area (Å²) in [5.41, 5.74) is 1.17. The van der Waals surface area contributed by atoms with Gasteiger partial charge in [0.05, 0.1) is 0 Å². The van der Waals surface area contributed by atoms with Crippen molar-refractivity contribution in [1.29, 1.82) is 0 Å². The topological polar surface area (TPSA) is 0 Å². The molecule has 0 atom stereocenters. The van der Waals surface area contributed by atoms with Crippen molar-refractivity contribution >= 4 is 12.6 Å². The number of thiol groups is 1. The minimum Gasteiger partial charge on any atom is -0.151 e. The minimum absolute atomic E-state index is 1.17. The highest BCUT2D eigenvalue weighted by Gasteiger charge is 1.84. The number of rotatable bonds is 0. The highest BCUT2D eigenvalue weighted by Crippen LogP contribution is 2.06. The van der Waals surface area contributed by atoms with Crippen LogP contribution in [-0.4, -0.2) is 0 Å². The van der Waals surface area contributed by atoms with E-state index < -0.39 is 0 Å². The van der Waals surface area contributed by atoms with Crippen LogP contribution in [-0.2, 0) is 0 Å². The molecular weight excluding hydrogens is 104 g/mol. The average Bonchev–Trinajstić information content (AvgIpc) is 2.14. The lowest BCUT2D eigenvalue weighted by atomic mass is 10.3. The van der Waals surface area contributed by atoms with Crippen LogP contribution in [0.15, 0.2) is 35.3 Å². The van der Waals surface area contributed by atoms with E-state index in [1.807, 2.05) is 24.3 Å². The molecule has 0 aromatic heterocycles. The lowest BCUT2D eigenvalue weighted by molar-refractivity contribution is 1.84. The molecule has 0 saturated carbocycles. The fourth-order valence-electron chi connectivity index (χ4n) is 0.475. The molecular formula is C6H6S. The fraction of sp³-hybridized carbons (Fsp3) is 0. The van der Waals surface area contributed by atoms with Gasteiger partial charge in [-0.15, -0.1) is 0 Å². The first-order valence-corrected chi connectivity index (χ1v) is 2.64. The predicted molar refractivity (Wildman–Crippen MR) is 35.3 cm³/mol. The number of hydrogen-bond donors (Lipinski definition) is 1. The van der Waals surface area contributed by atoms with Gasteiger partial charge >= 0.3 is 0 Å². The summed E-state index contributed by atoms with van der Waals surface area (Å²) in [5, 5.41) is 1.78. The Kier molecular flexibility index (Phi) is 1.37. The van der Waals surface area contributed by atoms with Gasteiger partial charge in [-0.05, 0) is 11.0 Å². The van der Waals surface area contributed by atoms with Gasteiger partial charge in [0.1, 0.15) is 0 Å². The fourth-order valence-corrected chi connectivity index (χ4v) is 0.647. The van der Waals surface area contributed by atoms with E-state index in [2.05, 4.69) is 12.6 Å². The van der Waals surface area contributed by atoms with Gasteiger partial charge in [-0.2, -0.15) is 12.6 Å². The van der Waals surface area contributed by atoms with E-state index in [0.717, 1.165) is 0 Å². The van der Waals surface area contributed by atoms with Gasteiger partial charge in [0, 0.05) is 0 Å². The summed E-state index contributed by atoms with van der Waals surface area (Å²) in [5.74, 6) is 0. The lowest BCUT2D eigenvalue weighted by Crippen LogP contribution is -1.55. The highest BCUT2D eigenvalue weighted by atomic mass is 32.1. The zero-order valence-electron chi connectivity index (χ0n) is 3.83. The van der Waals surface area contributed by atoms with Crippen LogP contribution in [0, 0.1) is 0 Å². The second-order valence-corrected chi connectivity index (χ2v) is 1.61. The van der Waals surface area contributed by atoms with Crippen molar-refractivity contribution in [3.8, 4) is 0 Å². The van der Waals surface area contributed by atoms with Gasteiger partial charge in [-0.1, -0.05) is 24.3 Å². The molecule has 0 amide bonds. The van der Waals surface area contributed by atoms with E-state index in [1.54, 1.807) is 5.41 Å². The largest absolute Gasteiger partial charge is 0.151 e. The third kappa shape index (κ3) is 0.967. The van der Waals surface area contributed by atoms with Gasteiger partial charge in [0.2, 0.25) is 0 Å². The van der Waals surface area contributed by atoms with E-state index in [0.29, 0.717) is 0 Å². The summed E-state index contributed by atoms with van der Waals surface area (Å²) in [6.07, 6.45) is 7.99. The van der Waals surface area contributed by atoms with E-state index >= 15 is 0 Å². The Balaban J connectivity index is 2.79. The molecule has 0 fully saturated rings. The maximum absolute atomic E-state index is 3.95. The maximum atomic E-state index is 3.95. The molecule has 0 aliphatic heterocycles. The van der Waals surface area contributed by atoms with Crippen LogP contribution in [0.1, 0.15) is 0 Å². The average molecular weight is 110 g/mol. The molecule has 0 aromatic carbocycles. The zero-order chi connectivity index (χ0) is 5.11. The molecule has 1 heteroatoms. The molecule has 0 radical (unpaired) electrons. The Labute approximate surface area is 48.6 Å². The van der Waals surface area contributed by atoms with E-state index in [9.17, 15) is 0 Å². The Morgan fingerprint density at radius 2 is 1.86 bits per heavy atom. The quantitative estimate of drug-likeness (QED) is 0.452. The van der Waals surface area contributed by atoms with Gasteiger partial charge in [0.15, 0.2) is 0 Å². The van der Waals surface area contributed by atoms with Crippen molar-refractivity contribution < 1.29 is 0 Å². The summed E-state index contributed by atoms with van der Waals surface area (Å²) in [4.78, 5) is 0. The van der Waals surface area contributed by atoms with Crippen molar-refractivity contribution in [2.24, 2.45) is 0 Å². The summed E-state index contributed by atoms with van der Waals surface area (Å²) in [6, 6.07) is 0. The summed E-state index contributed by atoms with van der Waals surface area (Å²) >= 11 is 3.95. The SMILES string of the molecule is SC=C1C=CC=C1. The van der Waals surface area contributed by atoms with Crippen molar-refractivity contribution in [2.75, 3.05) is 0 Å². The zero-order valence-corrected chi connectivity index (χ0v) is 4.73. The maximum Gasteiger partial charge on any atom is -0.0196 e. The lowest BCUT2D eigenvalue weighted by Gasteiger charge is -1.77. The van der Waals surface area contributed by atoms with E-state index in [4.69, 9.17) is 0 Å². The first-order chi connectivity index (χ1) is 3.43. The molecule has 36 valence electrons. The van der Waals surface area contributed by atoms with Crippen molar-refractivity contribution in [2.45, 2.75) is 0 Å². The molecule has 0 spiro atoms. The molecule has 1 aliphatic rings. The smallest absolute Gasteiger partial charge is 0.0196 e. The standard InChI is InChI=1S/C6H6S/c7-5-6-3-1-2-4-6/h1-5,7H. The molecule has 7 heavy (non-hydrogen) atoms. The van der Waals surface area contributed by atoms with Crippen LogP contribution in [0.25, 0.3) is 0 Å².